The van der Waals surface area contributed by atoms with Crippen LogP contribution < -0.4 is 21.1 Å². The molecule has 0 fully saturated rings. The van der Waals surface area contributed by atoms with Crippen LogP contribution in [0.25, 0.3) is 11.0 Å². The standard InChI is InChI=1S/C20H22F3N5O2/c1-19(2,3)27-18-26-15-9-4-12(24)10-16(15)28(18)11-17(29)25-13-5-7-14(8-6-13)30-20(21,22)23/h4-10H,11,24H2,1-3H3,(H,25,29)(H,26,27). The second-order valence-corrected chi connectivity index (χ2v) is 7.77. The van der Waals surface area contributed by atoms with Gasteiger partial charge in [0.05, 0.1) is 11.0 Å². The largest absolute Gasteiger partial charge is 0.573 e. The van der Waals surface area contributed by atoms with Gasteiger partial charge in [-0.1, -0.05) is 0 Å². The van der Waals surface area contributed by atoms with Gasteiger partial charge in [0.2, 0.25) is 11.9 Å². The van der Waals surface area contributed by atoms with Crippen molar-refractivity contribution in [3.05, 3.63) is 42.5 Å². The quantitative estimate of drug-likeness (QED) is 0.532. The summed E-state index contributed by atoms with van der Waals surface area (Å²) in [6.45, 7) is 5.83. The molecular formula is C20H22F3N5O2. The molecule has 0 saturated heterocycles. The van der Waals surface area contributed by atoms with Gasteiger partial charge in [0.15, 0.2) is 0 Å². The van der Waals surface area contributed by atoms with Gasteiger partial charge in [-0.25, -0.2) is 4.98 Å². The SMILES string of the molecule is CC(C)(C)Nc1nc2ccc(N)cc2n1CC(=O)Nc1ccc(OC(F)(F)F)cc1. The average molecular weight is 421 g/mol. The molecule has 160 valence electrons. The van der Waals surface area contributed by atoms with E-state index in [1.165, 1.54) is 12.1 Å². The maximum absolute atomic E-state index is 12.6. The number of benzene rings is 2. The van der Waals surface area contributed by atoms with Gasteiger partial charge >= 0.3 is 6.36 Å². The number of nitrogens with two attached hydrogens (primary N) is 1. The monoisotopic (exact) mass is 421 g/mol. The van der Waals surface area contributed by atoms with Crippen molar-refractivity contribution in [2.45, 2.75) is 39.2 Å². The molecule has 3 aromatic rings. The first kappa shape index (κ1) is 21.3. The first-order chi connectivity index (χ1) is 13.9. The van der Waals surface area contributed by atoms with Crippen LogP contribution >= 0.6 is 0 Å². The Hall–Kier alpha value is -3.43. The van der Waals surface area contributed by atoms with Crippen LogP contribution in [0.2, 0.25) is 0 Å². The number of nitrogen functional groups attached to an aromatic ring is 1. The summed E-state index contributed by atoms with van der Waals surface area (Å²) in [6.07, 6.45) is -4.77. The Morgan fingerprint density at radius 3 is 2.40 bits per heavy atom. The molecule has 1 heterocycles. The van der Waals surface area contributed by atoms with Crippen molar-refractivity contribution >= 4 is 34.3 Å². The second-order valence-electron chi connectivity index (χ2n) is 7.77. The zero-order valence-electron chi connectivity index (χ0n) is 16.7. The molecule has 2 aromatic carbocycles. The fraction of sp³-hybridized carbons (Fsp3) is 0.300. The molecule has 1 amide bonds. The van der Waals surface area contributed by atoms with Gasteiger partial charge in [-0.3, -0.25) is 4.79 Å². The van der Waals surface area contributed by atoms with E-state index in [1.807, 2.05) is 20.8 Å². The molecule has 0 bridgehead atoms. The lowest BCUT2D eigenvalue weighted by Gasteiger charge is -2.22. The molecule has 0 aliphatic carbocycles. The number of rotatable bonds is 5. The maximum Gasteiger partial charge on any atom is 0.573 e. The number of carbonyl (C=O) groups excluding carboxylic acids is 1. The van der Waals surface area contributed by atoms with Crippen molar-refractivity contribution < 1.29 is 22.7 Å². The van der Waals surface area contributed by atoms with Crippen LogP contribution in [0.5, 0.6) is 5.75 Å². The predicted molar refractivity (Wildman–Crippen MR) is 109 cm³/mol. The number of amides is 1. The molecule has 10 heteroatoms. The third-order valence-electron chi connectivity index (χ3n) is 3.93. The number of ether oxygens (including phenoxy) is 1. The number of anilines is 3. The van der Waals surface area contributed by atoms with E-state index >= 15 is 0 Å². The molecule has 0 aliphatic rings. The van der Waals surface area contributed by atoms with E-state index in [-0.39, 0.29) is 23.7 Å². The lowest BCUT2D eigenvalue weighted by atomic mass is 10.1. The number of imidazole rings is 1. The summed E-state index contributed by atoms with van der Waals surface area (Å²) in [6, 6.07) is 10.1. The molecule has 0 saturated carbocycles. The molecule has 1 aromatic heterocycles. The van der Waals surface area contributed by atoms with E-state index in [4.69, 9.17) is 5.73 Å². The fourth-order valence-electron chi connectivity index (χ4n) is 2.81. The molecule has 7 nitrogen and oxygen atoms in total. The molecule has 4 N–H and O–H groups in total. The zero-order chi connectivity index (χ0) is 22.1. The molecule has 0 aliphatic heterocycles. The molecule has 0 spiro atoms. The van der Waals surface area contributed by atoms with E-state index in [2.05, 4.69) is 20.4 Å². The lowest BCUT2D eigenvalue weighted by Crippen LogP contribution is -2.29. The summed E-state index contributed by atoms with van der Waals surface area (Å²) in [5.41, 5.74) is 7.83. The minimum Gasteiger partial charge on any atom is -0.406 e. The van der Waals surface area contributed by atoms with Crippen LogP contribution in [0.1, 0.15) is 20.8 Å². The number of nitrogens with one attached hydrogen (secondary N) is 2. The van der Waals surface area contributed by atoms with Gasteiger partial charge in [-0.05, 0) is 63.2 Å². The number of nitrogens with zero attached hydrogens (tertiary/aromatic N) is 2. The molecule has 3 rings (SSSR count). The molecule has 0 radical (unpaired) electrons. The number of hydrogen-bond acceptors (Lipinski definition) is 5. The number of fused-ring (bicyclic) bond motifs is 1. The van der Waals surface area contributed by atoms with Crippen LogP contribution in [0.3, 0.4) is 0 Å². The fourth-order valence-corrected chi connectivity index (χ4v) is 2.81. The van der Waals surface area contributed by atoms with E-state index in [1.54, 1.807) is 22.8 Å². The number of hydrogen-bond donors (Lipinski definition) is 3. The average Bonchev–Trinajstić information content (AvgIpc) is 2.90. The van der Waals surface area contributed by atoms with Gasteiger partial charge < -0.3 is 25.7 Å². The van der Waals surface area contributed by atoms with Crippen molar-refractivity contribution in [2.24, 2.45) is 0 Å². The van der Waals surface area contributed by atoms with Gasteiger partial charge in [0, 0.05) is 16.9 Å². The minimum absolute atomic E-state index is 0.0703. The van der Waals surface area contributed by atoms with E-state index in [9.17, 15) is 18.0 Å². The normalized spacial score (nSPS) is 12.1. The highest BCUT2D eigenvalue weighted by molar-refractivity contribution is 5.92. The summed E-state index contributed by atoms with van der Waals surface area (Å²) in [4.78, 5) is 17.1. The van der Waals surface area contributed by atoms with Crippen molar-refractivity contribution in [1.82, 2.24) is 9.55 Å². The molecule has 0 unspecified atom stereocenters. The van der Waals surface area contributed by atoms with Crippen molar-refractivity contribution in [2.75, 3.05) is 16.4 Å². The molecule has 0 atom stereocenters. The predicted octanol–water partition coefficient (Wildman–Crippen LogP) is 4.37. The van der Waals surface area contributed by atoms with Gasteiger partial charge in [-0.15, -0.1) is 13.2 Å². The van der Waals surface area contributed by atoms with Gasteiger partial charge in [0.1, 0.15) is 12.3 Å². The topological polar surface area (TPSA) is 94.2 Å². The highest BCUT2D eigenvalue weighted by Crippen LogP contribution is 2.26. The molecule has 30 heavy (non-hydrogen) atoms. The summed E-state index contributed by atoms with van der Waals surface area (Å²) in [7, 11) is 0. The number of alkyl halides is 3. The Balaban J connectivity index is 1.80. The second kappa shape index (κ2) is 7.77. The zero-order valence-corrected chi connectivity index (χ0v) is 16.7. The van der Waals surface area contributed by atoms with Gasteiger partial charge in [0.25, 0.3) is 0 Å². The summed E-state index contributed by atoms with van der Waals surface area (Å²) < 4.78 is 42.3. The smallest absolute Gasteiger partial charge is 0.406 e. The minimum atomic E-state index is -4.77. The maximum atomic E-state index is 12.6. The van der Waals surface area contributed by atoms with Crippen LogP contribution in [0.15, 0.2) is 42.5 Å². The summed E-state index contributed by atoms with van der Waals surface area (Å²) >= 11 is 0. The number of carbonyl (C=O) groups is 1. The highest BCUT2D eigenvalue weighted by Gasteiger charge is 2.31. The number of halogens is 3. The van der Waals surface area contributed by atoms with Crippen molar-refractivity contribution in [1.29, 1.82) is 0 Å². The van der Waals surface area contributed by atoms with E-state index in [0.717, 1.165) is 12.1 Å². The summed E-state index contributed by atoms with van der Waals surface area (Å²) in [5.74, 6) is -0.237. The Bertz CT molecular complexity index is 1050. The van der Waals surface area contributed by atoms with Crippen molar-refractivity contribution in [3.63, 3.8) is 0 Å². The van der Waals surface area contributed by atoms with E-state index < -0.39 is 6.36 Å². The third-order valence-corrected chi connectivity index (χ3v) is 3.93. The Morgan fingerprint density at radius 2 is 1.80 bits per heavy atom. The van der Waals surface area contributed by atoms with E-state index in [0.29, 0.717) is 28.4 Å². The van der Waals surface area contributed by atoms with Crippen LogP contribution in [0, 0.1) is 0 Å². The molecular weight excluding hydrogens is 399 g/mol. The third kappa shape index (κ3) is 5.56. The Morgan fingerprint density at radius 1 is 1.13 bits per heavy atom. The Kier molecular flexibility index (Phi) is 5.51. The lowest BCUT2D eigenvalue weighted by molar-refractivity contribution is -0.274. The van der Waals surface area contributed by atoms with Crippen LogP contribution in [-0.2, 0) is 11.3 Å². The van der Waals surface area contributed by atoms with Gasteiger partial charge in [-0.2, -0.15) is 0 Å². The Labute approximate surface area is 171 Å². The van der Waals surface area contributed by atoms with Crippen LogP contribution in [-0.4, -0.2) is 27.4 Å². The summed E-state index contributed by atoms with van der Waals surface area (Å²) in [5, 5.41) is 5.92. The van der Waals surface area contributed by atoms with Crippen LogP contribution in [0.4, 0.5) is 30.5 Å². The number of aromatic nitrogens is 2. The van der Waals surface area contributed by atoms with Crippen molar-refractivity contribution in [3.8, 4) is 5.75 Å². The highest BCUT2D eigenvalue weighted by atomic mass is 19.4. The first-order valence-electron chi connectivity index (χ1n) is 9.09. The first-order valence-corrected chi connectivity index (χ1v) is 9.09.